The van der Waals surface area contributed by atoms with Gasteiger partial charge in [-0.25, -0.2) is 8.78 Å². The fraction of sp³-hybridized carbons (Fsp3) is 0.571. The first-order valence-electron chi connectivity index (χ1n) is 10.0. The highest BCUT2D eigenvalue weighted by Crippen LogP contribution is 2.39. The molecule has 4 rings (SSSR count). The molecule has 1 amide bonds. The summed E-state index contributed by atoms with van der Waals surface area (Å²) in [6.45, 7) is 1.13. The molecule has 0 bridgehead atoms. The molecule has 5 nitrogen and oxygen atoms in total. The predicted octanol–water partition coefficient (Wildman–Crippen LogP) is 4.14. The lowest BCUT2D eigenvalue weighted by Gasteiger charge is -2.36. The number of amides is 1. The van der Waals surface area contributed by atoms with Crippen molar-refractivity contribution in [1.29, 1.82) is 0 Å². The number of benzene rings is 1. The van der Waals surface area contributed by atoms with Crippen molar-refractivity contribution in [3.05, 3.63) is 35.0 Å². The summed E-state index contributed by atoms with van der Waals surface area (Å²) < 4.78 is 35.1. The minimum Gasteiger partial charge on any atom is -0.388 e. The monoisotopic (exact) mass is 426 g/mol. The first kappa shape index (κ1) is 20.6. The standard InChI is InChI=1S/C21H25ClF2N2O3/c22-16-5-1-6-17-18(16)15(11-26(17)10-14-4-2-9-29-14)19(27)25-13-20(28)7-3-8-21(23,24)12-20/h1,5-6,11,14,28H,2-4,7-10,12-13H2,(H,25,27)/t14?,20-/m1/s1. The van der Waals surface area contributed by atoms with E-state index in [-0.39, 0.29) is 31.9 Å². The maximum Gasteiger partial charge on any atom is 0.253 e. The number of carbonyl (C=O) groups excluding carboxylic acids is 1. The highest BCUT2D eigenvalue weighted by molar-refractivity contribution is 6.36. The second-order valence-corrected chi connectivity index (χ2v) is 8.66. The van der Waals surface area contributed by atoms with Crippen LogP contribution >= 0.6 is 11.6 Å². The molecule has 1 aromatic heterocycles. The Bertz CT molecular complexity index is 911. The number of nitrogens with zero attached hydrogens (tertiary/aromatic N) is 1. The van der Waals surface area contributed by atoms with Gasteiger partial charge in [-0.15, -0.1) is 0 Å². The molecule has 0 spiro atoms. The van der Waals surface area contributed by atoms with E-state index in [1.165, 1.54) is 0 Å². The van der Waals surface area contributed by atoms with Crippen molar-refractivity contribution in [3.63, 3.8) is 0 Å². The first-order chi connectivity index (χ1) is 13.8. The molecule has 2 aromatic rings. The number of alkyl halides is 2. The van der Waals surface area contributed by atoms with Crippen molar-refractivity contribution < 1.29 is 23.4 Å². The second-order valence-electron chi connectivity index (χ2n) is 8.26. The van der Waals surface area contributed by atoms with Crippen LogP contribution in [0.15, 0.2) is 24.4 Å². The Hall–Kier alpha value is -1.70. The van der Waals surface area contributed by atoms with Gasteiger partial charge >= 0.3 is 0 Å². The van der Waals surface area contributed by atoms with Gasteiger partial charge in [0.2, 0.25) is 0 Å². The topological polar surface area (TPSA) is 63.5 Å². The van der Waals surface area contributed by atoms with Crippen molar-refractivity contribution in [1.82, 2.24) is 9.88 Å². The third kappa shape index (κ3) is 4.42. The van der Waals surface area contributed by atoms with Crippen LogP contribution in [0.2, 0.25) is 5.02 Å². The van der Waals surface area contributed by atoms with Gasteiger partial charge < -0.3 is 19.7 Å². The van der Waals surface area contributed by atoms with E-state index in [1.807, 2.05) is 16.7 Å². The smallest absolute Gasteiger partial charge is 0.253 e. The Balaban J connectivity index is 1.55. The average Bonchev–Trinajstić information content (AvgIpc) is 3.28. The molecule has 2 N–H and O–H groups in total. The van der Waals surface area contributed by atoms with Crippen LogP contribution in [0.25, 0.3) is 10.9 Å². The van der Waals surface area contributed by atoms with E-state index in [9.17, 15) is 18.7 Å². The number of aromatic nitrogens is 1. The van der Waals surface area contributed by atoms with Gasteiger partial charge in [0.05, 0.1) is 27.8 Å². The predicted molar refractivity (Wildman–Crippen MR) is 107 cm³/mol. The number of carbonyl (C=O) groups is 1. The first-order valence-corrected chi connectivity index (χ1v) is 10.4. The largest absolute Gasteiger partial charge is 0.388 e. The molecule has 1 aromatic carbocycles. The van der Waals surface area contributed by atoms with E-state index in [4.69, 9.17) is 16.3 Å². The number of aliphatic hydroxyl groups is 1. The molecule has 2 heterocycles. The molecule has 2 aliphatic rings. The Labute approximate surface area is 173 Å². The Morgan fingerprint density at radius 3 is 2.90 bits per heavy atom. The summed E-state index contributed by atoms with van der Waals surface area (Å²) in [6, 6.07) is 5.43. The summed E-state index contributed by atoms with van der Waals surface area (Å²) in [7, 11) is 0. The number of halogens is 3. The third-order valence-electron chi connectivity index (χ3n) is 5.87. The van der Waals surface area contributed by atoms with E-state index in [0.717, 1.165) is 25.0 Å². The summed E-state index contributed by atoms with van der Waals surface area (Å²) in [5.74, 6) is -3.34. The fourth-order valence-electron chi connectivity index (χ4n) is 4.46. The van der Waals surface area contributed by atoms with Crippen molar-refractivity contribution in [3.8, 4) is 0 Å². The van der Waals surface area contributed by atoms with Crippen LogP contribution < -0.4 is 5.32 Å². The lowest BCUT2D eigenvalue weighted by molar-refractivity contribution is -0.121. The zero-order chi connectivity index (χ0) is 20.6. The number of nitrogens with one attached hydrogen (secondary N) is 1. The maximum absolute atomic E-state index is 13.7. The van der Waals surface area contributed by atoms with Gasteiger partial charge in [-0.3, -0.25) is 4.79 Å². The number of fused-ring (bicyclic) bond motifs is 1. The molecule has 2 atom stereocenters. The second kappa shape index (κ2) is 7.85. The number of rotatable bonds is 5. The van der Waals surface area contributed by atoms with Crippen LogP contribution in [0.1, 0.15) is 48.9 Å². The molecule has 0 radical (unpaired) electrons. The molecule has 1 saturated heterocycles. The fourth-order valence-corrected chi connectivity index (χ4v) is 4.74. The summed E-state index contributed by atoms with van der Waals surface area (Å²) in [5, 5.41) is 14.2. The van der Waals surface area contributed by atoms with E-state index in [2.05, 4.69) is 5.32 Å². The zero-order valence-corrected chi connectivity index (χ0v) is 16.9. The number of hydrogen-bond donors (Lipinski definition) is 2. The van der Waals surface area contributed by atoms with Crippen LogP contribution in [0.3, 0.4) is 0 Å². The van der Waals surface area contributed by atoms with E-state index >= 15 is 0 Å². The van der Waals surface area contributed by atoms with Gasteiger partial charge in [-0.05, 0) is 37.8 Å². The van der Waals surface area contributed by atoms with Crippen molar-refractivity contribution in [2.75, 3.05) is 13.2 Å². The van der Waals surface area contributed by atoms with Gasteiger partial charge in [-0.1, -0.05) is 17.7 Å². The molecule has 1 unspecified atom stereocenters. The van der Waals surface area contributed by atoms with Crippen molar-refractivity contribution >= 4 is 28.4 Å². The lowest BCUT2D eigenvalue weighted by atomic mass is 9.82. The van der Waals surface area contributed by atoms with Crippen LogP contribution in [0.4, 0.5) is 8.78 Å². The molecule has 2 fully saturated rings. The SMILES string of the molecule is O=C(NC[C@@]1(O)CCCC(F)(F)C1)c1cn(CC2CCCO2)c2cccc(Cl)c12. The van der Waals surface area contributed by atoms with Crippen LogP contribution in [-0.4, -0.2) is 46.4 Å². The molecule has 29 heavy (non-hydrogen) atoms. The Morgan fingerprint density at radius 2 is 2.17 bits per heavy atom. The number of hydrogen-bond acceptors (Lipinski definition) is 3. The molecule has 1 aliphatic carbocycles. The minimum absolute atomic E-state index is 0.0886. The molecule has 1 saturated carbocycles. The summed E-state index contributed by atoms with van der Waals surface area (Å²) >= 11 is 6.38. The van der Waals surface area contributed by atoms with E-state index in [1.54, 1.807) is 12.3 Å². The highest BCUT2D eigenvalue weighted by Gasteiger charge is 2.44. The molecule has 8 heteroatoms. The average molecular weight is 427 g/mol. The molecule has 158 valence electrons. The lowest BCUT2D eigenvalue weighted by Crippen LogP contribution is -2.49. The van der Waals surface area contributed by atoms with Crippen LogP contribution in [0, 0.1) is 0 Å². The summed E-state index contributed by atoms with van der Waals surface area (Å²) in [6.07, 6.45) is 3.40. The number of ether oxygens (including phenoxy) is 1. The Morgan fingerprint density at radius 1 is 1.34 bits per heavy atom. The van der Waals surface area contributed by atoms with E-state index in [0.29, 0.717) is 22.5 Å². The molecule has 1 aliphatic heterocycles. The molecular weight excluding hydrogens is 402 g/mol. The van der Waals surface area contributed by atoms with Gasteiger partial charge in [0.15, 0.2) is 0 Å². The van der Waals surface area contributed by atoms with Crippen molar-refractivity contribution in [2.45, 2.75) is 62.7 Å². The van der Waals surface area contributed by atoms with Gasteiger partial charge in [0.1, 0.15) is 0 Å². The third-order valence-corrected chi connectivity index (χ3v) is 6.19. The summed E-state index contributed by atoms with van der Waals surface area (Å²) in [4.78, 5) is 12.9. The van der Waals surface area contributed by atoms with Gasteiger partial charge in [-0.2, -0.15) is 0 Å². The van der Waals surface area contributed by atoms with Crippen molar-refractivity contribution in [2.24, 2.45) is 0 Å². The van der Waals surface area contributed by atoms with Crippen LogP contribution in [-0.2, 0) is 11.3 Å². The highest BCUT2D eigenvalue weighted by atomic mass is 35.5. The molecular formula is C21H25ClF2N2O3. The van der Waals surface area contributed by atoms with Gasteiger partial charge in [0, 0.05) is 44.1 Å². The summed E-state index contributed by atoms with van der Waals surface area (Å²) in [5.41, 5.74) is -0.409. The van der Waals surface area contributed by atoms with E-state index < -0.39 is 23.9 Å². The quantitative estimate of drug-likeness (QED) is 0.755. The van der Waals surface area contributed by atoms with Gasteiger partial charge in [0.25, 0.3) is 11.8 Å². The normalized spacial score (nSPS) is 26.7. The zero-order valence-electron chi connectivity index (χ0n) is 16.1. The minimum atomic E-state index is -2.90. The van der Waals surface area contributed by atoms with Crippen LogP contribution in [0.5, 0.6) is 0 Å². The maximum atomic E-state index is 13.7. The Kier molecular flexibility index (Phi) is 5.57.